The molecule has 1 aliphatic rings. The Labute approximate surface area is 244 Å². The monoisotopic (exact) mass is 576 g/mol. The van der Waals surface area contributed by atoms with Crippen LogP contribution in [0, 0.1) is 0 Å². The van der Waals surface area contributed by atoms with Crippen LogP contribution in [0.1, 0.15) is 35.7 Å². The fourth-order valence-corrected chi connectivity index (χ4v) is 4.55. The molecule has 11 heteroatoms. The van der Waals surface area contributed by atoms with E-state index in [-0.39, 0.29) is 23.6 Å². The van der Waals surface area contributed by atoms with E-state index in [0.29, 0.717) is 29.5 Å². The van der Waals surface area contributed by atoms with Crippen LogP contribution in [0.3, 0.4) is 0 Å². The SMILES string of the molecule is CCCOc1ccc(NC(=O)CC2C(=O)N(Cc3ccccc3)C(=S)N2NC(=O)c2cc(OC)cc(OC)c2)cc1. The molecule has 1 fully saturated rings. The number of nitrogens with zero attached hydrogens (tertiary/aromatic N) is 2. The predicted octanol–water partition coefficient (Wildman–Crippen LogP) is 4.16. The van der Waals surface area contributed by atoms with Crippen LogP contribution < -0.4 is 25.0 Å². The molecule has 1 atom stereocenters. The Balaban J connectivity index is 1.54. The summed E-state index contributed by atoms with van der Waals surface area (Å²) in [6, 6.07) is 20.0. The lowest BCUT2D eigenvalue weighted by atomic mass is 10.1. The number of nitrogens with one attached hydrogen (secondary N) is 2. The highest BCUT2D eigenvalue weighted by molar-refractivity contribution is 7.80. The number of hydrogen-bond acceptors (Lipinski definition) is 7. The van der Waals surface area contributed by atoms with Gasteiger partial charge in [0.25, 0.3) is 11.8 Å². The lowest BCUT2D eigenvalue weighted by Crippen LogP contribution is -2.49. The minimum absolute atomic E-state index is 0.0808. The van der Waals surface area contributed by atoms with E-state index in [2.05, 4.69) is 10.7 Å². The lowest BCUT2D eigenvalue weighted by molar-refractivity contribution is -0.131. The maximum Gasteiger partial charge on any atom is 0.270 e. The summed E-state index contributed by atoms with van der Waals surface area (Å²) >= 11 is 5.63. The minimum atomic E-state index is -1.06. The van der Waals surface area contributed by atoms with Gasteiger partial charge in [-0.3, -0.25) is 24.7 Å². The molecule has 1 unspecified atom stereocenters. The summed E-state index contributed by atoms with van der Waals surface area (Å²) in [4.78, 5) is 41.4. The third-order valence-electron chi connectivity index (χ3n) is 6.31. The van der Waals surface area contributed by atoms with E-state index in [1.165, 1.54) is 36.3 Å². The van der Waals surface area contributed by atoms with Gasteiger partial charge in [0.1, 0.15) is 23.3 Å². The van der Waals surface area contributed by atoms with Crippen molar-refractivity contribution < 1.29 is 28.6 Å². The predicted molar refractivity (Wildman–Crippen MR) is 158 cm³/mol. The second kappa shape index (κ2) is 13.6. The van der Waals surface area contributed by atoms with Crippen LogP contribution in [0.2, 0.25) is 0 Å². The summed E-state index contributed by atoms with van der Waals surface area (Å²) in [5.41, 5.74) is 4.35. The number of benzene rings is 3. The van der Waals surface area contributed by atoms with Crippen molar-refractivity contribution in [2.45, 2.75) is 32.4 Å². The highest BCUT2D eigenvalue weighted by Crippen LogP contribution is 2.25. The number of amides is 3. The highest BCUT2D eigenvalue weighted by Gasteiger charge is 2.44. The first-order chi connectivity index (χ1) is 19.8. The Morgan fingerprint density at radius 2 is 1.59 bits per heavy atom. The van der Waals surface area contributed by atoms with Crippen molar-refractivity contribution in [1.29, 1.82) is 0 Å². The molecular formula is C30H32N4O6S. The second-order valence-electron chi connectivity index (χ2n) is 9.25. The number of carbonyl (C=O) groups excluding carboxylic acids is 3. The standard InChI is InChI=1S/C30H32N4O6S/c1-4-14-40-23-12-10-22(11-13-23)31-27(35)18-26-29(37)33(19-20-8-6-5-7-9-20)30(41)34(26)32-28(36)21-15-24(38-2)17-25(16-21)39-3/h5-13,15-17,26H,4,14,18-19H2,1-3H3,(H,31,35)(H,32,36). The van der Waals surface area contributed by atoms with Gasteiger partial charge in [-0.15, -0.1) is 0 Å². The quantitative estimate of drug-likeness (QED) is 0.310. The number of methoxy groups -OCH3 is 2. The van der Waals surface area contributed by atoms with Gasteiger partial charge in [-0.05, 0) is 60.6 Å². The zero-order valence-electron chi connectivity index (χ0n) is 23.1. The van der Waals surface area contributed by atoms with Crippen LogP contribution in [0.15, 0.2) is 72.8 Å². The van der Waals surface area contributed by atoms with Crippen molar-refractivity contribution in [3.8, 4) is 17.2 Å². The Hall–Kier alpha value is -4.64. The molecule has 2 N–H and O–H groups in total. The second-order valence-corrected chi connectivity index (χ2v) is 9.61. The van der Waals surface area contributed by atoms with Crippen molar-refractivity contribution in [1.82, 2.24) is 15.3 Å². The smallest absolute Gasteiger partial charge is 0.270 e. The van der Waals surface area contributed by atoms with Crippen LogP contribution >= 0.6 is 12.2 Å². The maximum absolute atomic E-state index is 13.6. The van der Waals surface area contributed by atoms with Gasteiger partial charge in [0, 0.05) is 17.3 Å². The average Bonchev–Trinajstić information content (AvgIpc) is 3.20. The Bertz CT molecular complexity index is 1380. The number of ether oxygens (including phenoxy) is 3. The largest absolute Gasteiger partial charge is 0.497 e. The molecule has 0 spiro atoms. The number of hydrazine groups is 1. The third kappa shape index (κ3) is 7.31. The molecule has 3 aromatic carbocycles. The Kier molecular flexibility index (Phi) is 9.75. The lowest BCUT2D eigenvalue weighted by Gasteiger charge is -2.24. The van der Waals surface area contributed by atoms with Gasteiger partial charge in [0.05, 0.1) is 33.8 Å². The molecule has 3 aromatic rings. The van der Waals surface area contributed by atoms with E-state index >= 15 is 0 Å². The minimum Gasteiger partial charge on any atom is -0.497 e. The van der Waals surface area contributed by atoms with Gasteiger partial charge in [-0.25, -0.2) is 5.01 Å². The molecule has 41 heavy (non-hydrogen) atoms. The maximum atomic E-state index is 13.6. The van der Waals surface area contributed by atoms with Crippen LogP contribution in [0.25, 0.3) is 0 Å². The van der Waals surface area contributed by atoms with E-state index < -0.39 is 23.8 Å². The first kappa shape index (κ1) is 29.3. The average molecular weight is 577 g/mol. The number of hydrogen-bond donors (Lipinski definition) is 2. The van der Waals surface area contributed by atoms with Crippen LogP contribution in [-0.4, -0.2) is 59.6 Å². The fourth-order valence-electron chi connectivity index (χ4n) is 4.22. The first-order valence-electron chi connectivity index (χ1n) is 13.1. The molecular weight excluding hydrogens is 544 g/mol. The molecule has 214 valence electrons. The first-order valence-corrected chi connectivity index (χ1v) is 13.5. The Morgan fingerprint density at radius 1 is 0.927 bits per heavy atom. The highest BCUT2D eigenvalue weighted by atomic mass is 32.1. The molecule has 4 rings (SSSR count). The normalized spacial score (nSPS) is 14.6. The molecule has 0 aromatic heterocycles. The summed E-state index contributed by atoms with van der Waals surface area (Å²) in [7, 11) is 2.96. The summed E-state index contributed by atoms with van der Waals surface area (Å²) < 4.78 is 16.1. The van der Waals surface area contributed by atoms with Gasteiger partial charge in [-0.2, -0.15) is 0 Å². The number of carbonyl (C=O) groups is 3. The number of rotatable bonds is 12. The zero-order valence-corrected chi connectivity index (χ0v) is 23.9. The molecule has 0 saturated carbocycles. The molecule has 3 amide bonds. The van der Waals surface area contributed by atoms with Crippen LogP contribution in [-0.2, 0) is 16.1 Å². The third-order valence-corrected chi connectivity index (χ3v) is 6.73. The van der Waals surface area contributed by atoms with E-state index in [4.69, 9.17) is 26.4 Å². The van der Waals surface area contributed by atoms with Crippen molar-refractivity contribution in [3.63, 3.8) is 0 Å². The fraction of sp³-hybridized carbons (Fsp3) is 0.267. The summed E-state index contributed by atoms with van der Waals surface area (Å²) in [6.45, 7) is 2.80. The molecule has 1 heterocycles. The van der Waals surface area contributed by atoms with Crippen molar-refractivity contribution in [2.24, 2.45) is 0 Å². The van der Waals surface area contributed by atoms with Crippen LogP contribution in [0.4, 0.5) is 5.69 Å². The summed E-state index contributed by atoms with van der Waals surface area (Å²) in [5.74, 6) is 0.162. The summed E-state index contributed by atoms with van der Waals surface area (Å²) in [5, 5.41) is 4.16. The molecule has 1 aliphatic heterocycles. The molecule has 1 saturated heterocycles. The number of thiocarbonyl (C=S) groups is 1. The van der Waals surface area contributed by atoms with E-state index in [1.54, 1.807) is 30.3 Å². The van der Waals surface area contributed by atoms with E-state index in [9.17, 15) is 14.4 Å². The van der Waals surface area contributed by atoms with Crippen molar-refractivity contribution >= 4 is 40.7 Å². The van der Waals surface area contributed by atoms with Gasteiger partial charge in [0.2, 0.25) is 5.91 Å². The molecule has 0 radical (unpaired) electrons. The van der Waals surface area contributed by atoms with Gasteiger partial charge in [0.15, 0.2) is 5.11 Å². The van der Waals surface area contributed by atoms with E-state index in [1.807, 2.05) is 37.3 Å². The van der Waals surface area contributed by atoms with Gasteiger partial charge >= 0.3 is 0 Å². The van der Waals surface area contributed by atoms with Crippen molar-refractivity contribution in [3.05, 3.63) is 83.9 Å². The molecule has 0 aliphatic carbocycles. The Morgan fingerprint density at radius 3 is 2.20 bits per heavy atom. The van der Waals surface area contributed by atoms with Crippen molar-refractivity contribution in [2.75, 3.05) is 26.1 Å². The number of anilines is 1. The van der Waals surface area contributed by atoms with Crippen LogP contribution in [0.5, 0.6) is 17.2 Å². The van der Waals surface area contributed by atoms with Gasteiger partial charge in [-0.1, -0.05) is 37.3 Å². The summed E-state index contributed by atoms with van der Waals surface area (Å²) in [6.07, 6.45) is 0.634. The van der Waals surface area contributed by atoms with E-state index in [0.717, 1.165) is 12.0 Å². The topological polar surface area (TPSA) is 109 Å². The molecule has 10 nitrogen and oxygen atoms in total. The van der Waals surface area contributed by atoms with Gasteiger partial charge < -0.3 is 19.5 Å². The molecule has 0 bridgehead atoms. The zero-order chi connectivity index (χ0) is 29.4.